The van der Waals surface area contributed by atoms with Crippen molar-refractivity contribution in [3.05, 3.63) is 114 Å². The molecule has 0 unspecified atom stereocenters. The number of halogens is 1. The van der Waals surface area contributed by atoms with Crippen molar-refractivity contribution in [1.82, 2.24) is 4.57 Å². The zero-order chi connectivity index (χ0) is 29.9. The Morgan fingerprint density at radius 2 is 1.60 bits per heavy atom. The summed E-state index contributed by atoms with van der Waals surface area (Å²) in [5, 5.41) is 0.890. The van der Waals surface area contributed by atoms with Crippen molar-refractivity contribution in [3.8, 4) is 28.3 Å². The number of esters is 1. The highest BCUT2D eigenvalue weighted by atomic mass is 19.1. The van der Waals surface area contributed by atoms with Gasteiger partial charge in [0.2, 0.25) is 0 Å². The molecule has 4 aromatic carbocycles. The molecule has 0 aliphatic rings. The van der Waals surface area contributed by atoms with E-state index in [1.54, 1.807) is 31.4 Å². The molecule has 6 nitrogen and oxygen atoms in total. The normalized spacial score (nSPS) is 11.5. The second kappa shape index (κ2) is 12.1. The number of aromatic nitrogens is 1. The molecule has 7 heteroatoms. The Kier molecular flexibility index (Phi) is 8.31. The van der Waals surface area contributed by atoms with Crippen LogP contribution in [0.3, 0.4) is 0 Å². The molecular weight excluding hydrogens is 533 g/mol. The van der Waals surface area contributed by atoms with Crippen molar-refractivity contribution >= 4 is 16.9 Å². The minimum Gasteiger partial charge on any atom is -0.494 e. The van der Waals surface area contributed by atoms with Gasteiger partial charge in [0.25, 0.3) is 0 Å². The van der Waals surface area contributed by atoms with Gasteiger partial charge < -0.3 is 23.5 Å². The standard InChI is InChI=1S/C35H34FNO5/c1-35(2,22-39-3)33-31(24-14-16-25(17-15-24)34(38)41-5)32-28(37(33)26-18-19-27(36)30(20-26)40-4)12-9-13-29(32)42-21-23-10-7-6-8-11-23/h6-20H,21-22H2,1-5H3. The lowest BCUT2D eigenvalue weighted by Gasteiger charge is -2.28. The Bertz CT molecular complexity index is 1710. The van der Waals surface area contributed by atoms with Crippen LogP contribution in [0.15, 0.2) is 91.0 Å². The van der Waals surface area contributed by atoms with Crippen LogP contribution in [-0.4, -0.2) is 38.5 Å². The molecule has 5 aromatic rings. The van der Waals surface area contributed by atoms with Gasteiger partial charge in [0.1, 0.15) is 12.4 Å². The van der Waals surface area contributed by atoms with Gasteiger partial charge in [-0.2, -0.15) is 0 Å². The van der Waals surface area contributed by atoms with E-state index in [4.69, 9.17) is 18.9 Å². The lowest BCUT2D eigenvalue weighted by atomic mass is 9.84. The monoisotopic (exact) mass is 567 g/mol. The molecule has 0 amide bonds. The maximum atomic E-state index is 14.6. The highest BCUT2D eigenvalue weighted by molar-refractivity contribution is 6.04. The first-order valence-electron chi connectivity index (χ1n) is 13.6. The fraction of sp³-hybridized carbons (Fsp3) is 0.229. The third kappa shape index (κ3) is 5.48. The van der Waals surface area contributed by atoms with Crippen molar-refractivity contribution in [2.45, 2.75) is 25.9 Å². The molecule has 1 heterocycles. The summed E-state index contributed by atoms with van der Waals surface area (Å²) in [5.41, 5.74) is 5.34. The number of carbonyl (C=O) groups excluding carboxylic acids is 1. The third-order valence-corrected chi connectivity index (χ3v) is 7.33. The van der Waals surface area contributed by atoms with Gasteiger partial charge in [-0.25, -0.2) is 9.18 Å². The van der Waals surface area contributed by atoms with Crippen LogP contribution >= 0.6 is 0 Å². The van der Waals surface area contributed by atoms with E-state index in [0.29, 0.717) is 24.5 Å². The first-order chi connectivity index (χ1) is 20.3. The molecule has 0 radical (unpaired) electrons. The predicted molar refractivity (Wildman–Crippen MR) is 162 cm³/mol. The SMILES string of the molecule is COCC(C)(C)c1c(-c2ccc(C(=O)OC)cc2)c2c(OCc3ccccc3)cccc2n1-c1ccc(F)c(OC)c1. The van der Waals surface area contributed by atoms with E-state index in [-0.39, 0.29) is 5.75 Å². The van der Waals surface area contributed by atoms with Gasteiger partial charge in [-0.1, -0.05) is 62.4 Å². The van der Waals surface area contributed by atoms with Crippen LogP contribution in [0, 0.1) is 5.82 Å². The van der Waals surface area contributed by atoms with E-state index in [9.17, 15) is 9.18 Å². The van der Waals surface area contributed by atoms with Crippen LogP contribution < -0.4 is 9.47 Å². The number of ether oxygens (including phenoxy) is 4. The average molecular weight is 568 g/mol. The van der Waals surface area contributed by atoms with Crippen molar-refractivity contribution in [2.24, 2.45) is 0 Å². The van der Waals surface area contributed by atoms with E-state index in [0.717, 1.165) is 39.0 Å². The zero-order valence-electron chi connectivity index (χ0n) is 24.4. The Morgan fingerprint density at radius 1 is 0.857 bits per heavy atom. The van der Waals surface area contributed by atoms with E-state index >= 15 is 0 Å². The van der Waals surface area contributed by atoms with E-state index in [1.807, 2.05) is 60.7 Å². The molecule has 0 fully saturated rings. The molecular formula is C35H34FNO5. The zero-order valence-corrected chi connectivity index (χ0v) is 24.4. The molecule has 5 rings (SSSR count). The summed E-state index contributed by atoms with van der Waals surface area (Å²) in [6, 6.07) is 28.1. The molecule has 0 saturated carbocycles. The minimum absolute atomic E-state index is 0.144. The summed E-state index contributed by atoms with van der Waals surface area (Å²) >= 11 is 0. The summed E-state index contributed by atoms with van der Waals surface area (Å²) in [6.07, 6.45) is 0. The van der Waals surface area contributed by atoms with Crippen molar-refractivity contribution in [3.63, 3.8) is 0 Å². The van der Waals surface area contributed by atoms with Crippen LogP contribution in [-0.2, 0) is 21.5 Å². The summed E-state index contributed by atoms with van der Waals surface area (Å²) in [5.74, 6) is -0.00822. The van der Waals surface area contributed by atoms with Gasteiger partial charge in [-0.15, -0.1) is 0 Å². The molecule has 42 heavy (non-hydrogen) atoms. The van der Waals surface area contributed by atoms with Crippen molar-refractivity contribution in [2.75, 3.05) is 27.9 Å². The number of rotatable bonds is 10. The summed E-state index contributed by atoms with van der Waals surface area (Å²) in [4.78, 5) is 12.2. The molecule has 0 saturated heterocycles. The Labute approximate surface area is 245 Å². The molecule has 0 N–H and O–H groups in total. The maximum absolute atomic E-state index is 14.6. The molecule has 216 valence electrons. The van der Waals surface area contributed by atoms with Gasteiger partial charge in [0.15, 0.2) is 11.6 Å². The fourth-order valence-corrected chi connectivity index (χ4v) is 5.46. The average Bonchev–Trinajstić information content (AvgIpc) is 3.37. The number of fused-ring (bicyclic) bond motifs is 1. The van der Waals surface area contributed by atoms with Gasteiger partial charge in [0, 0.05) is 35.5 Å². The van der Waals surface area contributed by atoms with Crippen LogP contribution in [0.5, 0.6) is 11.5 Å². The van der Waals surface area contributed by atoms with E-state index < -0.39 is 17.2 Å². The summed E-state index contributed by atoms with van der Waals surface area (Å²) in [7, 11) is 4.49. The quantitative estimate of drug-likeness (QED) is 0.162. The van der Waals surface area contributed by atoms with Crippen LogP contribution in [0.4, 0.5) is 4.39 Å². The highest BCUT2D eigenvalue weighted by Crippen LogP contribution is 2.47. The fourth-order valence-electron chi connectivity index (χ4n) is 5.46. The number of hydrogen-bond acceptors (Lipinski definition) is 5. The van der Waals surface area contributed by atoms with Crippen molar-refractivity contribution in [1.29, 1.82) is 0 Å². The second-order valence-corrected chi connectivity index (χ2v) is 10.7. The maximum Gasteiger partial charge on any atom is 0.337 e. The van der Waals surface area contributed by atoms with E-state index in [2.05, 4.69) is 18.4 Å². The number of carbonyl (C=O) groups is 1. The van der Waals surface area contributed by atoms with Gasteiger partial charge >= 0.3 is 5.97 Å². The third-order valence-electron chi connectivity index (χ3n) is 7.33. The molecule has 0 atom stereocenters. The molecule has 0 spiro atoms. The van der Waals surface area contributed by atoms with Crippen molar-refractivity contribution < 1.29 is 28.1 Å². The van der Waals surface area contributed by atoms with Crippen LogP contribution in [0.25, 0.3) is 27.7 Å². The topological polar surface area (TPSA) is 58.9 Å². The Hall–Kier alpha value is -4.62. The van der Waals surface area contributed by atoms with Gasteiger partial charge in [-0.3, -0.25) is 0 Å². The molecule has 0 aliphatic heterocycles. The molecule has 0 aliphatic carbocycles. The lowest BCUT2D eigenvalue weighted by molar-refractivity contribution is 0.0600. The first-order valence-corrected chi connectivity index (χ1v) is 13.6. The highest BCUT2D eigenvalue weighted by Gasteiger charge is 2.33. The Morgan fingerprint density at radius 3 is 2.26 bits per heavy atom. The lowest BCUT2D eigenvalue weighted by Crippen LogP contribution is -2.27. The number of methoxy groups -OCH3 is 3. The second-order valence-electron chi connectivity index (χ2n) is 10.7. The smallest absolute Gasteiger partial charge is 0.337 e. The molecule has 0 bridgehead atoms. The number of hydrogen-bond donors (Lipinski definition) is 0. The molecule has 1 aromatic heterocycles. The number of benzene rings is 4. The Balaban J connectivity index is 1.84. The van der Waals surface area contributed by atoms with Gasteiger partial charge in [0.05, 0.1) is 37.3 Å². The summed E-state index contributed by atoms with van der Waals surface area (Å²) < 4.78 is 39.2. The first kappa shape index (κ1) is 28.9. The predicted octanol–water partition coefficient (Wildman–Crippen LogP) is 7.73. The van der Waals surface area contributed by atoms with Crippen LogP contribution in [0.1, 0.15) is 35.5 Å². The number of nitrogens with zero attached hydrogens (tertiary/aromatic N) is 1. The largest absolute Gasteiger partial charge is 0.494 e. The van der Waals surface area contributed by atoms with Crippen LogP contribution in [0.2, 0.25) is 0 Å². The van der Waals surface area contributed by atoms with E-state index in [1.165, 1.54) is 20.3 Å². The summed E-state index contributed by atoms with van der Waals surface area (Å²) in [6.45, 7) is 5.01. The van der Waals surface area contributed by atoms with Gasteiger partial charge in [-0.05, 0) is 47.5 Å². The minimum atomic E-state index is -0.511.